The number of benzene rings is 1. The van der Waals surface area contributed by atoms with Gasteiger partial charge in [0.1, 0.15) is 5.75 Å². The van der Waals surface area contributed by atoms with Crippen LogP contribution in [-0.4, -0.2) is 22.0 Å². The first kappa shape index (κ1) is 13.1. The second-order valence-electron chi connectivity index (χ2n) is 4.66. The third-order valence-electron chi connectivity index (χ3n) is 3.40. The van der Waals surface area contributed by atoms with Gasteiger partial charge in [-0.05, 0) is 17.5 Å². The number of rotatable bonds is 4. The molecule has 1 unspecified atom stereocenters. The minimum atomic E-state index is -0.594. The Bertz CT molecular complexity index is 732. The van der Waals surface area contributed by atoms with Gasteiger partial charge in [0.2, 0.25) is 0 Å². The molecule has 0 saturated carbocycles. The molecule has 1 aromatic carbocycles. The second kappa shape index (κ2) is 5.26. The van der Waals surface area contributed by atoms with Gasteiger partial charge in [0.25, 0.3) is 0 Å². The lowest BCUT2D eigenvalue weighted by atomic mass is 10.1. The maximum Gasteiger partial charge on any atom is 0.135 e. The van der Waals surface area contributed by atoms with Gasteiger partial charge >= 0.3 is 0 Å². The number of hydrogen-bond donors (Lipinski definition) is 1. The van der Waals surface area contributed by atoms with Gasteiger partial charge in [0.15, 0.2) is 0 Å². The molecule has 0 aliphatic rings. The molecule has 0 radical (unpaired) electrons. The van der Waals surface area contributed by atoms with E-state index in [0.717, 1.165) is 27.2 Å². The average molecular weight is 288 g/mol. The van der Waals surface area contributed by atoms with E-state index >= 15 is 0 Å². The molecular formula is C15H16N2O2S. The number of methoxy groups -OCH3 is 1. The monoisotopic (exact) mass is 288 g/mol. The van der Waals surface area contributed by atoms with E-state index in [1.165, 1.54) is 11.3 Å². The number of aromatic nitrogens is 2. The molecule has 0 saturated heterocycles. The number of aliphatic hydroxyl groups is 1. The average Bonchev–Trinajstić information content (AvgIpc) is 3.05. The fourth-order valence-electron chi connectivity index (χ4n) is 2.44. The van der Waals surface area contributed by atoms with Gasteiger partial charge in [-0.3, -0.25) is 4.68 Å². The molecule has 20 heavy (non-hydrogen) atoms. The van der Waals surface area contributed by atoms with Crippen LogP contribution < -0.4 is 4.74 Å². The predicted molar refractivity (Wildman–Crippen MR) is 80.2 cm³/mol. The van der Waals surface area contributed by atoms with Crippen LogP contribution in [0.3, 0.4) is 0 Å². The van der Waals surface area contributed by atoms with Crippen molar-refractivity contribution in [1.82, 2.24) is 9.78 Å². The number of fused-ring (bicyclic) bond motifs is 1. The highest BCUT2D eigenvalue weighted by Gasteiger charge is 2.18. The molecule has 1 N–H and O–H groups in total. The molecule has 2 aromatic heterocycles. The number of thiophene rings is 1. The summed E-state index contributed by atoms with van der Waals surface area (Å²) in [4.78, 5) is 0.849. The first-order valence-corrected chi connectivity index (χ1v) is 7.28. The molecule has 3 rings (SSSR count). The van der Waals surface area contributed by atoms with E-state index in [4.69, 9.17) is 4.74 Å². The Morgan fingerprint density at radius 3 is 2.95 bits per heavy atom. The van der Waals surface area contributed by atoms with Gasteiger partial charge in [-0.15, -0.1) is 11.3 Å². The molecule has 0 aliphatic carbocycles. The van der Waals surface area contributed by atoms with E-state index < -0.39 is 6.10 Å². The summed E-state index contributed by atoms with van der Waals surface area (Å²) >= 11 is 1.50. The van der Waals surface area contributed by atoms with Crippen molar-refractivity contribution in [1.29, 1.82) is 0 Å². The van der Waals surface area contributed by atoms with Crippen molar-refractivity contribution in [3.63, 3.8) is 0 Å². The standard InChI is InChI=1S/C15H16N2O2S/c1-17-12-6-4-3-5-10(12)11(16-17)9-13(18)15-14(19-2)7-8-20-15/h3-8,13,18H,9H2,1-2H3. The summed E-state index contributed by atoms with van der Waals surface area (Å²) in [6.45, 7) is 0. The number of para-hydroxylation sites is 1. The minimum Gasteiger partial charge on any atom is -0.495 e. The normalized spacial score (nSPS) is 12.8. The topological polar surface area (TPSA) is 47.3 Å². The van der Waals surface area contributed by atoms with Crippen molar-refractivity contribution in [3.8, 4) is 5.75 Å². The summed E-state index contributed by atoms with van der Waals surface area (Å²) in [5.41, 5.74) is 1.99. The highest BCUT2D eigenvalue weighted by molar-refractivity contribution is 7.10. The molecule has 2 heterocycles. The van der Waals surface area contributed by atoms with Crippen molar-refractivity contribution in [3.05, 3.63) is 46.3 Å². The summed E-state index contributed by atoms with van der Waals surface area (Å²) in [7, 11) is 3.54. The molecule has 0 amide bonds. The van der Waals surface area contributed by atoms with Crippen LogP contribution in [0.2, 0.25) is 0 Å². The maximum absolute atomic E-state index is 10.4. The van der Waals surface area contributed by atoms with Gasteiger partial charge in [0.05, 0.1) is 29.3 Å². The van der Waals surface area contributed by atoms with Gasteiger partial charge < -0.3 is 9.84 Å². The first-order valence-electron chi connectivity index (χ1n) is 6.40. The van der Waals surface area contributed by atoms with Gasteiger partial charge in [-0.25, -0.2) is 0 Å². The predicted octanol–water partition coefficient (Wildman–Crippen LogP) is 2.92. The SMILES string of the molecule is COc1ccsc1C(O)Cc1nn(C)c2ccccc12. The van der Waals surface area contributed by atoms with Crippen molar-refractivity contribution < 1.29 is 9.84 Å². The molecule has 0 aliphatic heterocycles. The summed E-state index contributed by atoms with van der Waals surface area (Å²) in [5.74, 6) is 0.739. The van der Waals surface area contributed by atoms with E-state index in [2.05, 4.69) is 5.10 Å². The van der Waals surface area contributed by atoms with Crippen LogP contribution in [-0.2, 0) is 13.5 Å². The minimum absolute atomic E-state index is 0.484. The lowest BCUT2D eigenvalue weighted by molar-refractivity contribution is 0.177. The number of nitrogens with zero attached hydrogens (tertiary/aromatic N) is 2. The molecule has 1 atom stereocenters. The zero-order chi connectivity index (χ0) is 14.1. The number of hydrogen-bond acceptors (Lipinski definition) is 4. The fourth-order valence-corrected chi connectivity index (χ4v) is 3.28. The number of aliphatic hydroxyl groups excluding tert-OH is 1. The van der Waals surface area contributed by atoms with E-state index in [1.54, 1.807) is 7.11 Å². The van der Waals surface area contributed by atoms with E-state index in [0.29, 0.717) is 6.42 Å². The Kier molecular flexibility index (Phi) is 3.46. The van der Waals surface area contributed by atoms with Crippen LogP contribution in [0.15, 0.2) is 35.7 Å². The smallest absolute Gasteiger partial charge is 0.135 e. The maximum atomic E-state index is 10.4. The van der Waals surface area contributed by atoms with E-state index in [1.807, 2.05) is 47.4 Å². The highest BCUT2D eigenvalue weighted by atomic mass is 32.1. The highest BCUT2D eigenvalue weighted by Crippen LogP contribution is 2.33. The molecule has 4 nitrogen and oxygen atoms in total. The van der Waals surface area contributed by atoms with Crippen LogP contribution >= 0.6 is 11.3 Å². The largest absolute Gasteiger partial charge is 0.495 e. The summed E-state index contributed by atoms with van der Waals surface area (Å²) in [5, 5.41) is 18.0. The number of ether oxygens (including phenoxy) is 1. The van der Waals surface area contributed by atoms with Gasteiger partial charge in [-0.2, -0.15) is 5.10 Å². The summed E-state index contributed by atoms with van der Waals surface area (Å²) < 4.78 is 7.11. The Hall–Kier alpha value is -1.85. The zero-order valence-corrected chi connectivity index (χ0v) is 12.2. The Balaban J connectivity index is 1.93. The number of aryl methyl sites for hydroxylation is 1. The van der Waals surface area contributed by atoms with Gasteiger partial charge in [0, 0.05) is 18.9 Å². The lowest BCUT2D eigenvalue weighted by Gasteiger charge is -2.09. The van der Waals surface area contributed by atoms with Crippen LogP contribution in [0.1, 0.15) is 16.7 Å². The summed E-state index contributed by atoms with van der Waals surface area (Å²) in [6, 6.07) is 9.93. The van der Waals surface area contributed by atoms with Crippen molar-refractivity contribution >= 4 is 22.2 Å². The van der Waals surface area contributed by atoms with Gasteiger partial charge in [-0.1, -0.05) is 18.2 Å². The molecular weight excluding hydrogens is 272 g/mol. The van der Waals surface area contributed by atoms with Crippen molar-refractivity contribution in [2.24, 2.45) is 7.05 Å². The Labute approximate surface area is 121 Å². The van der Waals surface area contributed by atoms with Crippen LogP contribution in [0.5, 0.6) is 5.75 Å². The second-order valence-corrected chi connectivity index (χ2v) is 5.61. The van der Waals surface area contributed by atoms with E-state index in [-0.39, 0.29) is 0 Å². The molecule has 0 spiro atoms. The quantitative estimate of drug-likeness (QED) is 0.803. The third-order valence-corrected chi connectivity index (χ3v) is 4.40. The van der Waals surface area contributed by atoms with Crippen molar-refractivity contribution in [2.45, 2.75) is 12.5 Å². The van der Waals surface area contributed by atoms with E-state index in [9.17, 15) is 5.11 Å². The van der Waals surface area contributed by atoms with Crippen LogP contribution in [0.25, 0.3) is 10.9 Å². The molecule has 3 aromatic rings. The molecule has 0 bridgehead atoms. The van der Waals surface area contributed by atoms with Crippen LogP contribution in [0.4, 0.5) is 0 Å². The Morgan fingerprint density at radius 1 is 1.35 bits per heavy atom. The molecule has 5 heteroatoms. The third kappa shape index (κ3) is 2.19. The lowest BCUT2D eigenvalue weighted by Crippen LogP contribution is -2.03. The molecule has 0 fully saturated rings. The fraction of sp³-hybridized carbons (Fsp3) is 0.267. The molecule has 104 valence electrons. The van der Waals surface area contributed by atoms with Crippen molar-refractivity contribution in [2.75, 3.05) is 7.11 Å². The Morgan fingerprint density at radius 2 is 2.15 bits per heavy atom. The first-order chi connectivity index (χ1) is 9.70. The summed E-state index contributed by atoms with van der Waals surface area (Å²) in [6.07, 6.45) is -0.110. The van der Waals surface area contributed by atoms with Crippen LogP contribution in [0, 0.1) is 0 Å². The zero-order valence-electron chi connectivity index (χ0n) is 11.4.